The highest BCUT2D eigenvalue weighted by Crippen LogP contribution is 2.28. The highest BCUT2D eigenvalue weighted by atomic mass is 32.1. The van der Waals surface area contributed by atoms with Crippen molar-refractivity contribution in [3.8, 4) is 23.1 Å². The lowest BCUT2D eigenvalue weighted by atomic mass is 10.1. The van der Waals surface area contributed by atoms with E-state index in [1.807, 2.05) is 29.6 Å². The van der Waals surface area contributed by atoms with Crippen molar-refractivity contribution in [2.45, 2.75) is 20.0 Å². The van der Waals surface area contributed by atoms with Gasteiger partial charge < -0.3 is 14.8 Å². The maximum atomic E-state index is 11.9. The molecule has 0 aliphatic rings. The molecule has 0 saturated heterocycles. The second kappa shape index (κ2) is 9.72. The van der Waals surface area contributed by atoms with Gasteiger partial charge in [0.15, 0.2) is 0 Å². The number of rotatable bonds is 7. The average molecular weight is 420 g/mol. The number of allylic oxidation sites excluding steroid dienone is 1. The van der Waals surface area contributed by atoms with Crippen LogP contribution in [0.4, 0.5) is 5.69 Å². The highest BCUT2D eigenvalue weighted by molar-refractivity contribution is 7.11. The van der Waals surface area contributed by atoms with Gasteiger partial charge in [-0.3, -0.25) is 0 Å². The number of ether oxygens (including phenoxy) is 2. The van der Waals surface area contributed by atoms with E-state index in [-0.39, 0.29) is 12.1 Å². The molecule has 0 spiro atoms. The molecule has 0 atom stereocenters. The Kier molecular flexibility index (Phi) is 6.83. The van der Waals surface area contributed by atoms with E-state index in [0.29, 0.717) is 16.1 Å². The SMILES string of the molecule is COc1cccc(-c2csc(C(C#N)=CNc3ccc(C(=O)OC(C)C)cc3)n2)c1. The molecule has 1 N–H and O–H groups in total. The number of methoxy groups -OCH3 is 1. The first-order valence-corrected chi connectivity index (χ1v) is 10.2. The molecule has 0 radical (unpaired) electrons. The molecule has 0 bridgehead atoms. The van der Waals surface area contributed by atoms with Crippen molar-refractivity contribution in [1.82, 2.24) is 4.98 Å². The van der Waals surface area contributed by atoms with Gasteiger partial charge in [0.25, 0.3) is 0 Å². The van der Waals surface area contributed by atoms with E-state index in [1.165, 1.54) is 11.3 Å². The Balaban J connectivity index is 1.73. The van der Waals surface area contributed by atoms with Gasteiger partial charge in [-0.25, -0.2) is 9.78 Å². The van der Waals surface area contributed by atoms with Gasteiger partial charge in [0.2, 0.25) is 0 Å². The molecule has 6 nitrogen and oxygen atoms in total. The van der Waals surface area contributed by atoms with Crippen LogP contribution in [0.5, 0.6) is 5.75 Å². The van der Waals surface area contributed by atoms with Gasteiger partial charge in [-0.2, -0.15) is 5.26 Å². The van der Waals surface area contributed by atoms with Crippen molar-refractivity contribution in [3.05, 3.63) is 70.7 Å². The first-order chi connectivity index (χ1) is 14.5. The molecular formula is C23H21N3O3S. The van der Waals surface area contributed by atoms with E-state index in [1.54, 1.807) is 51.4 Å². The predicted molar refractivity (Wildman–Crippen MR) is 118 cm³/mol. The summed E-state index contributed by atoms with van der Waals surface area (Å²) in [5.74, 6) is 0.387. The number of carbonyl (C=O) groups is 1. The van der Waals surface area contributed by atoms with Crippen LogP contribution >= 0.6 is 11.3 Å². The first-order valence-electron chi connectivity index (χ1n) is 9.28. The standard InChI is InChI=1S/C23H21N3O3S/c1-15(2)29-23(27)16-7-9-19(10-8-16)25-13-18(12-24)22-26-21(14-30-22)17-5-4-6-20(11-17)28-3/h4-11,13-15,25H,1-3H3. The van der Waals surface area contributed by atoms with Gasteiger partial charge >= 0.3 is 5.97 Å². The summed E-state index contributed by atoms with van der Waals surface area (Å²) in [4.78, 5) is 16.5. The van der Waals surface area contributed by atoms with Crippen molar-refractivity contribution < 1.29 is 14.3 Å². The molecule has 3 rings (SSSR count). The van der Waals surface area contributed by atoms with E-state index >= 15 is 0 Å². The molecule has 0 amide bonds. The molecule has 0 fully saturated rings. The second-order valence-electron chi connectivity index (χ2n) is 6.62. The van der Waals surface area contributed by atoms with Crippen LogP contribution in [0.15, 0.2) is 60.1 Å². The van der Waals surface area contributed by atoms with Crippen LogP contribution in [0.25, 0.3) is 16.8 Å². The summed E-state index contributed by atoms with van der Waals surface area (Å²) in [5.41, 5.74) is 3.33. The van der Waals surface area contributed by atoms with Gasteiger partial charge in [-0.05, 0) is 50.2 Å². The minimum Gasteiger partial charge on any atom is -0.497 e. The molecule has 0 aliphatic carbocycles. The Morgan fingerprint density at radius 1 is 1.23 bits per heavy atom. The van der Waals surface area contributed by atoms with Gasteiger partial charge in [0, 0.05) is 22.8 Å². The van der Waals surface area contributed by atoms with E-state index in [2.05, 4.69) is 16.4 Å². The van der Waals surface area contributed by atoms with Crippen molar-refractivity contribution in [2.75, 3.05) is 12.4 Å². The van der Waals surface area contributed by atoms with Crippen LogP contribution in [-0.4, -0.2) is 24.2 Å². The van der Waals surface area contributed by atoms with E-state index in [0.717, 1.165) is 22.7 Å². The molecule has 3 aromatic rings. The number of benzene rings is 2. The fourth-order valence-corrected chi connectivity index (χ4v) is 3.39. The molecule has 0 aliphatic heterocycles. The maximum Gasteiger partial charge on any atom is 0.338 e. The number of nitriles is 1. The zero-order valence-electron chi connectivity index (χ0n) is 16.9. The molecule has 2 aromatic carbocycles. The largest absolute Gasteiger partial charge is 0.497 e. The molecule has 1 heterocycles. The Morgan fingerprint density at radius 2 is 2.00 bits per heavy atom. The summed E-state index contributed by atoms with van der Waals surface area (Å²) >= 11 is 1.39. The predicted octanol–water partition coefficient (Wildman–Crippen LogP) is 5.36. The second-order valence-corrected chi connectivity index (χ2v) is 7.47. The first kappa shape index (κ1) is 21.1. The summed E-state index contributed by atoms with van der Waals surface area (Å²) in [6.07, 6.45) is 1.44. The van der Waals surface area contributed by atoms with E-state index in [4.69, 9.17) is 9.47 Å². The van der Waals surface area contributed by atoms with Gasteiger partial charge in [-0.1, -0.05) is 12.1 Å². The van der Waals surface area contributed by atoms with Crippen LogP contribution in [0.3, 0.4) is 0 Å². The lowest BCUT2D eigenvalue weighted by Gasteiger charge is -2.08. The third-order valence-electron chi connectivity index (χ3n) is 4.07. The number of esters is 1. The van der Waals surface area contributed by atoms with Crippen LogP contribution in [0, 0.1) is 11.3 Å². The number of hydrogen-bond donors (Lipinski definition) is 1. The molecule has 7 heteroatoms. The summed E-state index contributed by atoms with van der Waals surface area (Å²) in [6.45, 7) is 3.61. The molecule has 30 heavy (non-hydrogen) atoms. The Bertz CT molecular complexity index is 1100. The van der Waals surface area contributed by atoms with Crippen LogP contribution < -0.4 is 10.1 Å². The Labute approximate surface area is 179 Å². The van der Waals surface area contributed by atoms with Gasteiger partial charge in [0.05, 0.1) is 24.5 Å². The molecule has 1 aromatic heterocycles. The number of nitrogens with one attached hydrogen (secondary N) is 1. The Hall–Kier alpha value is -3.63. The van der Waals surface area contributed by atoms with Gasteiger partial charge in [0.1, 0.15) is 22.4 Å². The quantitative estimate of drug-likeness (QED) is 0.410. The lowest BCUT2D eigenvalue weighted by molar-refractivity contribution is 0.0378. The third-order valence-corrected chi connectivity index (χ3v) is 4.94. The monoisotopic (exact) mass is 419 g/mol. The normalized spacial score (nSPS) is 11.1. The third kappa shape index (κ3) is 5.25. The Morgan fingerprint density at radius 3 is 2.67 bits per heavy atom. The number of hydrogen-bond acceptors (Lipinski definition) is 7. The van der Waals surface area contributed by atoms with Crippen molar-refractivity contribution >= 4 is 28.6 Å². The smallest absolute Gasteiger partial charge is 0.338 e. The summed E-state index contributed by atoms with van der Waals surface area (Å²) in [6, 6.07) is 16.7. The van der Waals surface area contributed by atoms with Crippen LogP contribution in [0.2, 0.25) is 0 Å². The summed E-state index contributed by atoms with van der Waals surface area (Å²) in [7, 11) is 1.62. The number of aromatic nitrogens is 1. The van der Waals surface area contributed by atoms with Gasteiger partial charge in [-0.15, -0.1) is 11.3 Å². The number of nitrogens with zero attached hydrogens (tertiary/aromatic N) is 2. The minimum atomic E-state index is -0.363. The number of thiazole rings is 1. The molecule has 0 unspecified atom stereocenters. The lowest BCUT2D eigenvalue weighted by Crippen LogP contribution is -2.11. The zero-order valence-corrected chi connectivity index (χ0v) is 17.7. The highest BCUT2D eigenvalue weighted by Gasteiger charge is 2.11. The molecule has 152 valence electrons. The van der Waals surface area contributed by atoms with Crippen molar-refractivity contribution in [2.24, 2.45) is 0 Å². The van der Waals surface area contributed by atoms with Crippen LogP contribution in [-0.2, 0) is 4.74 Å². The molecular weight excluding hydrogens is 398 g/mol. The zero-order chi connectivity index (χ0) is 21.5. The fraction of sp³-hybridized carbons (Fsp3) is 0.174. The van der Waals surface area contributed by atoms with E-state index < -0.39 is 0 Å². The van der Waals surface area contributed by atoms with Crippen molar-refractivity contribution in [3.63, 3.8) is 0 Å². The van der Waals surface area contributed by atoms with E-state index in [9.17, 15) is 10.1 Å². The average Bonchev–Trinajstić information content (AvgIpc) is 3.24. The summed E-state index contributed by atoms with van der Waals surface area (Å²) < 4.78 is 10.4. The number of anilines is 1. The molecule has 0 saturated carbocycles. The van der Waals surface area contributed by atoms with Crippen LogP contribution in [0.1, 0.15) is 29.2 Å². The van der Waals surface area contributed by atoms with Crippen molar-refractivity contribution in [1.29, 1.82) is 5.26 Å². The minimum absolute atomic E-state index is 0.170. The topological polar surface area (TPSA) is 84.2 Å². The number of carbonyl (C=O) groups excluding carboxylic acids is 1. The fourth-order valence-electron chi connectivity index (χ4n) is 2.59. The summed E-state index contributed by atoms with van der Waals surface area (Å²) in [5, 5.41) is 15.1. The maximum absolute atomic E-state index is 11.9.